The molecule has 38 heavy (non-hydrogen) atoms. The van der Waals surface area contributed by atoms with Gasteiger partial charge in [0.05, 0.1) is 6.61 Å². The van der Waals surface area contributed by atoms with E-state index in [-0.39, 0.29) is 11.4 Å². The van der Waals surface area contributed by atoms with Crippen LogP contribution in [0.15, 0.2) is 31.8 Å². The lowest BCUT2D eigenvalue weighted by Crippen LogP contribution is -2.15. The van der Waals surface area contributed by atoms with Gasteiger partial charge in [0, 0.05) is 34.6 Å². The van der Waals surface area contributed by atoms with Crippen LogP contribution >= 0.6 is 23.5 Å². The Hall–Kier alpha value is -3.78. The number of rotatable bonds is 5. The van der Waals surface area contributed by atoms with Crippen LogP contribution in [0.1, 0.15) is 50.2 Å². The van der Waals surface area contributed by atoms with Crippen LogP contribution in [0, 0.1) is 0 Å². The molecule has 0 bridgehead atoms. The van der Waals surface area contributed by atoms with Gasteiger partial charge >= 0.3 is 5.97 Å². The molecule has 196 valence electrons. The highest BCUT2D eigenvalue weighted by molar-refractivity contribution is 7.98. The van der Waals surface area contributed by atoms with Crippen molar-refractivity contribution in [3.63, 3.8) is 0 Å². The maximum Gasteiger partial charge on any atom is 0.360 e. The van der Waals surface area contributed by atoms with E-state index in [9.17, 15) is 9.59 Å². The molecule has 0 atom stereocenters. The van der Waals surface area contributed by atoms with E-state index in [1.165, 1.54) is 23.5 Å². The molecule has 2 aliphatic carbocycles. The maximum atomic E-state index is 11.8. The van der Waals surface area contributed by atoms with Crippen LogP contribution in [-0.2, 0) is 30.4 Å². The molecule has 12 nitrogen and oxygen atoms in total. The summed E-state index contributed by atoms with van der Waals surface area (Å²) in [4.78, 5) is 40.4. The number of carbonyl (C=O) groups excluding carboxylic acids is 2. The molecule has 2 N–H and O–H groups in total. The number of nitrogens with zero attached hydrogens (tertiary/aromatic N) is 6. The summed E-state index contributed by atoms with van der Waals surface area (Å²) in [6.45, 7) is 2.08. The Kier molecular flexibility index (Phi) is 7.42. The Bertz CT molecular complexity index is 1530. The zero-order valence-corrected chi connectivity index (χ0v) is 22.4. The van der Waals surface area contributed by atoms with E-state index in [1.807, 2.05) is 18.7 Å². The van der Waals surface area contributed by atoms with Crippen molar-refractivity contribution in [2.45, 2.75) is 42.9 Å². The van der Waals surface area contributed by atoms with Gasteiger partial charge in [-0.15, -0.1) is 0 Å². The Morgan fingerprint density at radius 1 is 0.868 bits per heavy atom. The van der Waals surface area contributed by atoms with Crippen LogP contribution < -0.4 is 5.73 Å². The molecular formula is C24H23N7O5S2. The topological polar surface area (TPSA) is 173 Å². The van der Waals surface area contributed by atoms with Gasteiger partial charge in [-0.2, -0.15) is 0 Å². The van der Waals surface area contributed by atoms with Gasteiger partial charge in [-0.25, -0.2) is 24.7 Å². The SMILES string of the molecule is CCOC(=O)c1noc2c1CCc1cnc(SC)nc1-2.CSc1ncc2c(n1)-c1onc(C(N)=O)c1CC2. The van der Waals surface area contributed by atoms with Crippen molar-refractivity contribution >= 4 is 35.4 Å². The fourth-order valence-corrected chi connectivity index (χ4v) is 4.95. The van der Waals surface area contributed by atoms with Gasteiger partial charge in [-0.05, 0) is 45.1 Å². The van der Waals surface area contributed by atoms with Crippen molar-refractivity contribution in [3.05, 3.63) is 46.0 Å². The Morgan fingerprint density at radius 2 is 1.37 bits per heavy atom. The molecule has 1 amide bonds. The molecule has 4 aromatic heterocycles. The lowest BCUT2D eigenvalue weighted by Gasteiger charge is -2.13. The molecule has 4 heterocycles. The molecule has 0 saturated heterocycles. The van der Waals surface area contributed by atoms with Crippen molar-refractivity contribution in [2.75, 3.05) is 19.1 Å². The number of hydrogen-bond donors (Lipinski definition) is 1. The highest BCUT2D eigenvalue weighted by atomic mass is 32.2. The van der Waals surface area contributed by atoms with Crippen molar-refractivity contribution in [3.8, 4) is 22.9 Å². The Labute approximate surface area is 225 Å². The van der Waals surface area contributed by atoms with Crippen molar-refractivity contribution in [2.24, 2.45) is 5.73 Å². The van der Waals surface area contributed by atoms with Crippen LogP contribution in [0.3, 0.4) is 0 Å². The maximum absolute atomic E-state index is 11.8. The number of aromatic nitrogens is 6. The largest absolute Gasteiger partial charge is 0.461 e. The van der Waals surface area contributed by atoms with E-state index >= 15 is 0 Å². The Morgan fingerprint density at radius 3 is 1.84 bits per heavy atom. The smallest absolute Gasteiger partial charge is 0.360 e. The average Bonchev–Trinajstić information content (AvgIpc) is 3.58. The first-order valence-electron chi connectivity index (χ1n) is 11.7. The first kappa shape index (κ1) is 25.9. The van der Waals surface area contributed by atoms with E-state index < -0.39 is 11.9 Å². The fraction of sp³-hybridized carbons (Fsp3) is 0.333. The summed E-state index contributed by atoms with van der Waals surface area (Å²) >= 11 is 2.92. The van der Waals surface area contributed by atoms with Crippen LogP contribution in [0.5, 0.6) is 0 Å². The molecule has 0 saturated carbocycles. The third-order valence-electron chi connectivity index (χ3n) is 6.05. The zero-order valence-electron chi connectivity index (χ0n) is 20.8. The van der Waals surface area contributed by atoms with E-state index in [1.54, 1.807) is 13.1 Å². The monoisotopic (exact) mass is 553 g/mol. The number of ether oxygens (including phenoxy) is 1. The van der Waals surface area contributed by atoms with Gasteiger partial charge in [0.1, 0.15) is 11.4 Å². The molecule has 0 spiro atoms. The van der Waals surface area contributed by atoms with Crippen molar-refractivity contribution in [1.82, 2.24) is 30.2 Å². The quantitative estimate of drug-likeness (QED) is 0.217. The summed E-state index contributed by atoms with van der Waals surface area (Å²) in [6.07, 6.45) is 10.3. The summed E-state index contributed by atoms with van der Waals surface area (Å²) in [5, 5.41) is 8.93. The molecule has 14 heteroatoms. The molecule has 0 radical (unpaired) electrons. The summed E-state index contributed by atoms with van der Waals surface area (Å²) in [7, 11) is 0. The third-order valence-corrected chi connectivity index (χ3v) is 7.17. The first-order valence-corrected chi connectivity index (χ1v) is 14.1. The lowest BCUT2D eigenvalue weighted by atomic mass is 9.94. The van der Waals surface area contributed by atoms with Gasteiger partial charge in [-0.1, -0.05) is 33.8 Å². The minimum atomic E-state index is -0.567. The summed E-state index contributed by atoms with van der Waals surface area (Å²) in [5.41, 5.74) is 10.7. The molecule has 4 aromatic rings. The number of amides is 1. The van der Waals surface area contributed by atoms with Gasteiger partial charge in [0.2, 0.25) is 0 Å². The fourth-order valence-electron chi connectivity index (χ4n) is 4.26. The highest BCUT2D eigenvalue weighted by Gasteiger charge is 2.30. The van der Waals surface area contributed by atoms with Gasteiger partial charge in [0.15, 0.2) is 33.2 Å². The third kappa shape index (κ3) is 4.76. The number of aryl methyl sites for hydroxylation is 2. The summed E-state index contributed by atoms with van der Waals surface area (Å²) < 4.78 is 15.5. The van der Waals surface area contributed by atoms with E-state index in [4.69, 9.17) is 19.5 Å². The number of esters is 1. The number of hydrogen-bond acceptors (Lipinski definition) is 13. The second-order valence-corrected chi connectivity index (χ2v) is 9.77. The number of primary amides is 1. The number of fused-ring (bicyclic) bond motifs is 6. The second-order valence-electron chi connectivity index (χ2n) is 8.22. The average molecular weight is 554 g/mol. The lowest BCUT2D eigenvalue weighted by molar-refractivity contribution is 0.0513. The summed E-state index contributed by atoms with van der Waals surface area (Å²) in [5.74, 6) is 0.0949. The first-order chi connectivity index (χ1) is 18.4. The normalized spacial score (nSPS) is 12.8. The van der Waals surface area contributed by atoms with Crippen LogP contribution in [0.2, 0.25) is 0 Å². The van der Waals surface area contributed by atoms with Crippen LogP contribution in [-0.4, -0.2) is 61.2 Å². The molecule has 0 fully saturated rings. The molecule has 6 rings (SSSR count). The van der Waals surface area contributed by atoms with Gasteiger partial charge in [0.25, 0.3) is 5.91 Å². The predicted octanol–water partition coefficient (Wildman–Crippen LogP) is 3.18. The van der Waals surface area contributed by atoms with Crippen molar-refractivity contribution in [1.29, 1.82) is 0 Å². The summed E-state index contributed by atoms with van der Waals surface area (Å²) in [6, 6.07) is 0. The van der Waals surface area contributed by atoms with E-state index in [0.717, 1.165) is 46.5 Å². The predicted molar refractivity (Wildman–Crippen MR) is 138 cm³/mol. The second kappa shape index (κ2) is 10.9. The van der Waals surface area contributed by atoms with E-state index in [0.29, 0.717) is 41.3 Å². The molecule has 0 aliphatic heterocycles. The standard InChI is InChI=1S/C13H13N3O3S.C11H10N4O2S/c1-3-18-12(17)10-8-5-4-7-6-14-13(20-2)15-9(7)11(8)19-16-10;1-18-11-13-4-5-2-3-6-8(10(12)16)15-17-9(6)7(5)14-11/h6H,3-5H2,1-2H3;4H,2-3H2,1H3,(H2,12,16). The zero-order chi connectivity index (χ0) is 26.8. The highest BCUT2D eigenvalue weighted by Crippen LogP contribution is 2.35. The molecule has 2 aliphatic rings. The molecule has 0 unspecified atom stereocenters. The number of carbonyl (C=O) groups is 2. The number of thioether (sulfide) groups is 2. The van der Waals surface area contributed by atoms with E-state index in [2.05, 4.69) is 30.2 Å². The van der Waals surface area contributed by atoms with Gasteiger partial charge in [-0.3, -0.25) is 4.79 Å². The molecular weight excluding hydrogens is 530 g/mol. The number of nitrogens with two attached hydrogens (primary N) is 1. The van der Waals surface area contributed by atoms with Crippen molar-refractivity contribution < 1.29 is 23.4 Å². The van der Waals surface area contributed by atoms with Crippen LogP contribution in [0.4, 0.5) is 0 Å². The minimum Gasteiger partial charge on any atom is -0.461 e. The minimum absolute atomic E-state index is 0.208. The van der Waals surface area contributed by atoms with Gasteiger partial charge < -0.3 is 19.5 Å². The Balaban J connectivity index is 0.000000156. The van der Waals surface area contributed by atoms with Crippen LogP contribution in [0.25, 0.3) is 22.9 Å². The molecule has 0 aromatic carbocycles.